The van der Waals surface area contributed by atoms with Crippen LogP contribution in [0.1, 0.15) is 65.2 Å². The van der Waals surface area contributed by atoms with Crippen LogP contribution in [0.15, 0.2) is 11.6 Å². The number of ether oxygens (including phenoxy) is 2. The van der Waals surface area contributed by atoms with E-state index in [0.29, 0.717) is 0 Å². The molecule has 0 radical (unpaired) electrons. The standard InChI is InChI=1S/C15H28O2/c1-3-4-5-6-7-8-9-14(2)10-11-15-16-12-13-17-15/h9,15H,3-8,10-13H2,1-2H3/b14-9+. The summed E-state index contributed by atoms with van der Waals surface area (Å²) in [4.78, 5) is 0. The number of hydrogen-bond acceptors (Lipinski definition) is 2. The normalized spacial score (nSPS) is 17.9. The van der Waals surface area contributed by atoms with Crippen LogP contribution in [0.5, 0.6) is 0 Å². The van der Waals surface area contributed by atoms with Crippen LogP contribution in [0.25, 0.3) is 0 Å². The lowest BCUT2D eigenvalue weighted by atomic mass is 10.1. The summed E-state index contributed by atoms with van der Waals surface area (Å²) >= 11 is 0. The molecular weight excluding hydrogens is 212 g/mol. The number of hydrogen-bond donors (Lipinski definition) is 0. The van der Waals surface area contributed by atoms with Gasteiger partial charge in [0, 0.05) is 6.42 Å². The summed E-state index contributed by atoms with van der Waals surface area (Å²) in [6, 6.07) is 0. The van der Waals surface area contributed by atoms with Gasteiger partial charge in [-0.1, -0.05) is 44.3 Å². The third kappa shape index (κ3) is 7.56. The molecule has 1 rings (SSSR count). The molecule has 2 nitrogen and oxygen atoms in total. The minimum atomic E-state index is 0.0582. The van der Waals surface area contributed by atoms with Crippen molar-refractivity contribution in [3.63, 3.8) is 0 Å². The molecule has 0 spiro atoms. The molecule has 1 aliphatic rings. The van der Waals surface area contributed by atoms with Gasteiger partial charge in [-0.3, -0.25) is 0 Å². The van der Waals surface area contributed by atoms with Gasteiger partial charge in [-0.2, -0.15) is 0 Å². The maximum Gasteiger partial charge on any atom is 0.158 e. The Morgan fingerprint density at radius 2 is 1.82 bits per heavy atom. The third-order valence-corrected chi connectivity index (χ3v) is 3.27. The van der Waals surface area contributed by atoms with Crippen LogP contribution in [0.4, 0.5) is 0 Å². The summed E-state index contributed by atoms with van der Waals surface area (Å²) in [6.07, 6.45) is 12.6. The van der Waals surface area contributed by atoms with Crippen LogP contribution in [-0.2, 0) is 9.47 Å². The number of allylic oxidation sites excluding steroid dienone is 2. The first-order valence-corrected chi connectivity index (χ1v) is 7.21. The molecule has 1 aliphatic heterocycles. The van der Waals surface area contributed by atoms with Crippen molar-refractivity contribution < 1.29 is 9.47 Å². The molecule has 1 saturated heterocycles. The van der Waals surface area contributed by atoms with Gasteiger partial charge in [0.15, 0.2) is 6.29 Å². The highest BCUT2D eigenvalue weighted by atomic mass is 16.7. The summed E-state index contributed by atoms with van der Waals surface area (Å²) in [5.41, 5.74) is 1.49. The topological polar surface area (TPSA) is 18.5 Å². The molecule has 0 N–H and O–H groups in total. The zero-order chi connectivity index (χ0) is 12.3. The molecule has 1 heterocycles. The van der Waals surface area contributed by atoms with E-state index in [-0.39, 0.29) is 6.29 Å². The Hall–Kier alpha value is -0.340. The molecule has 0 saturated carbocycles. The molecule has 0 aromatic rings. The second-order valence-corrected chi connectivity index (χ2v) is 4.96. The molecule has 100 valence electrons. The number of unbranched alkanes of at least 4 members (excludes halogenated alkanes) is 5. The zero-order valence-electron chi connectivity index (χ0n) is 11.5. The van der Waals surface area contributed by atoms with E-state index in [1.54, 1.807) is 0 Å². The van der Waals surface area contributed by atoms with Gasteiger partial charge in [0.1, 0.15) is 0 Å². The minimum absolute atomic E-state index is 0.0582. The van der Waals surface area contributed by atoms with Crippen molar-refractivity contribution in [2.45, 2.75) is 71.5 Å². The van der Waals surface area contributed by atoms with Gasteiger partial charge >= 0.3 is 0 Å². The molecule has 0 atom stereocenters. The zero-order valence-corrected chi connectivity index (χ0v) is 11.5. The van der Waals surface area contributed by atoms with E-state index in [0.717, 1.165) is 26.1 Å². The van der Waals surface area contributed by atoms with Gasteiger partial charge in [-0.05, 0) is 26.2 Å². The molecule has 0 unspecified atom stereocenters. The second-order valence-electron chi connectivity index (χ2n) is 4.96. The Kier molecular flexibility index (Phi) is 8.37. The monoisotopic (exact) mass is 240 g/mol. The maximum atomic E-state index is 5.42. The summed E-state index contributed by atoms with van der Waals surface area (Å²) in [5, 5.41) is 0. The Morgan fingerprint density at radius 1 is 1.12 bits per heavy atom. The van der Waals surface area contributed by atoms with Gasteiger partial charge in [-0.25, -0.2) is 0 Å². The first-order chi connectivity index (χ1) is 8.33. The molecule has 17 heavy (non-hydrogen) atoms. The first kappa shape index (κ1) is 14.7. The van der Waals surface area contributed by atoms with Crippen molar-refractivity contribution in [2.75, 3.05) is 13.2 Å². The Morgan fingerprint density at radius 3 is 2.53 bits per heavy atom. The lowest BCUT2D eigenvalue weighted by Crippen LogP contribution is -2.06. The van der Waals surface area contributed by atoms with E-state index in [2.05, 4.69) is 19.9 Å². The molecule has 0 bridgehead atoms. The van der Waals surface area contributed by atoms with Crippen LogP contribution in [0, 0.1) is 0 Å². The van der Waals surface area contributed by atoms with E-state index in [1.165, 1.54) is 44.1 Å². The molecule has 2 heteroatoms. The van der Waals surface area contributed by atoms with E-state index < -0.39 is 0 Å². The van der Waals surface area contributed by atoms with Gasteiger partial charge < -0.3 is 9.47 Å². The van der Waals surface area contributed by atoms with Crippen LogP contribution in [-0.4, -0.2) is 19.5 Å². The molecule has 0 aromatic carbocycles. The summed E-state index contributed by atoms with van der Waals surface area (Å²) in [5.74, 6) is 0. The fraction of sp³-hybridized carbons (Fsp3) is 0.867. The van der Waals surface area contributed by atoms with Gasteiger partial charge in [-0.15, -0.1) is 0 Å². The van der Waals surface area contributed by atoms with Crippen molar-refractivity contribution in [1.29, 1.82) is 0 Å². The van der Waals surface area contributed by atoms with Crippen LogP contribution in [0.2, 0.25) is 0 Å². The molecule has 1 fully saturated rings. The Balaban J connectivity index is 1.96. The van der Waals surface area contributed by atoms with Crippen LogP contribution < -0.4 is 0 Å². The fourth-order valence-corrected chi connectivity index (χ4v) is 2.12. The predicted molar refractivity (Wildman–Crippen MR) is 72.1 cm³/mol. The highest BCUT2D eigenvalue weighted by Gasteiger charge is 2.14. The first-order valence-electron chi connectivity index (χ1n) is 7.21. The highest BCUT2D eigenvalue weighted by Crippen LogP contribution is 2.15. The van der Waals surface area contributed by atoms with Crippen molar-refractivity contribution >= 4 is 0 Å². The Bertz CT molecular complexity index is 205. The predicted octanol–water partition coefficient (Wildman–Crippen LogP) is 4.45. The molecular formula is C15H28O2. The van der Waals surface area contributed by atoms with Gasteiger partial charge in [0.05, 0.1) is 13.2 Å². The van der Waals surface area contributed by atoms with Gasteiger partial charge in [0.25, 0.3) is 0 Å². The largest absolute Gasteiger partial charge is 0.350 e. The van der Waals surface area contributed by atoms with E-state index in [4.69, 9.17) is 9.47 Å². The van der Waals surface area contributed by atoms with E-state index in [9.17, 15) is 0 Å². The maximum absolute atomic E-state index is 5.42. The van der Waals surface area contributed by atoms with E-state index in [1.807, 2.05) is 0 Å². The van der Waals surface area contributed by atoms with Crippen molar-refractivity contribution in [2.24, 2.45) is 0 Å². The summed E-state index contributed by atoms with van der Waals surface area (Å²) in [7, 11) is 0. The quantitative estimate of drug-likeness (QED) is 0.438. The lowest BCUT2D eigenvalue weighted by Gasteiger charge is -2.08. The SMILES string of the molecule is CCCCCCC/C=C(\C)CCC1OCCO1. The smallest absolute Gasteiger partial charge is 0.158 e. The molecule has 0 aliphatic carbocycles. The molecule has 0 amide bonds. The Labute approximate surface area is 106 Å². The number of rotatable bonds is 9. The van der Waals surface area contributed by atoms with Gasteiger partial charge in [0.2, 0.25) is 0 Å². The van der Waals surface area contributed by atoms with Crippen LogP contribution >= 0.6 is 0 Å². The second kappa shape index (κ2) is 9.67. The fourth-order valence-electron chi connectivity index (χ4n) is 2.12. The average Bonchev–Trinajstić information content (AvgIpc) is 2.84. The highest BCUT2D eigenvalue weighted by molar-refractivity contribution is 4.97. The summed E-state index contributed by atoms with van der Waals surface area (Å²) in [6.45, 7) is 6.02. The van der Waals surface area contributed by atoms with Crippen molar-refractivity contribution in [1.82, 2.24) is 0 Å². The van der Waals surface area contributed by atoms with E-state index >= 15 is 0 Å². The van der Waals surface area contributed by atoms with Crippen LogP contribution in [0.3, 0.4) is 0 Å². The minimum Gasteiger partial charge on any atom is -0.350 e. The molecule has 0 aromatic heterocycles. The van der Waals surface area contributed by atoms with Crippen molar-refractivity contribution in [3.05, 3.63) is 11.6 Å². The third-order valence-electron chi connectivity index (χ3n) is 3.27. The lowest BCUT2D eigenvalue weighted by molar-refractivity contribution is -0.0461. The average molecular weight is 240 g/mol. The van der Waals surface area contributed by atoms with Crippen molar-refractivity contribution in [3.8, 4) is 0 Å². The summed E-state index contributed by atoms with van der Waals surface area (Å²) < 4.78 is 10.8.